The number of quaternary nitrogens is 1. The van der Waals surface area contributed by atoms with Crippen LogP contribution in [0.2, 0.25) is 0 Å². The van der Waals surface area contributed by atoms with Gasteiger partial charge in [-0.05, 0) is 11.6 Å². The smallest absolute Gasteiger partial charge is 0.278 e. The summed E-state index contributed by atoms with van der Waals surface area (Å²) in [4.78, 5) is 11.9. The second-order valence-electron chi connectivity index (χ2n) is 6.45. The second-order valence-corrected chi connectivity index (χ2v) is 8.42. The van der Waals surface area contributed by atoms with E-state index in [0.717, 1.165) is 10.5 Å². The Balaban J connectivity index is 1.60. The van der Waals surface area contributed by atoms with Crippen LogP contribution in [0.25, 0.3) is 0 Å². The third-order valence-corrected chi connectivity index (χ3v) is 6.49. The van der Waals surface area contributed by atoms with Crippen molar-refractivity contribution in [3.05, 3.63) is 75.8 Å². The first kappa shape index (κ1) is 18.5. The van der Waals surface area contributed by atoms with Gasteiger partial charge in [0.2, 0.25) is 10.0 Å². The number of piperazine rings is 1. The summed E-state index contributed by atoms with van der Waals surface area (Å²) in [5.41, 5.74) is 1.59. The van der Waals surface area contributed by atoms with Gasteiger partial charge in [-0.2, -0.15) is 4.31 Å². The summed E-state index contributed by atoms with van der Waals surface area (Å²) < 4.78 is 26.7. The largest absolute Gasteiger partial charge is 0.329 e. The summed E-state index contributed by atoms with van der Waals surface area (Å²) >= 11 is 0. The van der Waals surface area contributed by atoms with Crippen molar-refractivity contribution in [3.8, 4) is 0 Å². The zero-order valence-corrected chi connectivity index (χ0v) is 15.2. The van der Waals surface area contributed by atoms with Gasteiger partial charge < -0.3 is 4.90 Å². The van der Waals surface area contributed by atoms with Gasteiger partial charge in [-0.3, -0.25) is 10.1 Å². The normalized spacial score (nSPS) is 16.5. The van der Waals surface area contributed by atoms with Gasteiger partial charge in [0, 0.05) is 6.07 Å². The van der Waals surface area contributed by atoms with Gasteiger partial charge in [0.25, 0.3) is 5.69 Å². The highest BCUT2D eigenvalue weighted by molar-refractivity contribution is 7.88. The molecule has 0 amide bonds. The number of rotatable bonds is 6. The summed E-state index contributed by atoms with van der Waals surface area (Å²) in [6, 6.07) is 15.9. The minimum atomic E-state index is -3.34. The monoisotopic (exact) mass is 376 g/mol. The van der Waals surface area contributed by atoms with Gasteiger partial charge in [0.05, 0.1) is 42.4 Å². The van der Waals surface area contributed by atoms with E-state index in [-0.39, 0.29) is 16.4 Å². The van der Waals surface area contributed by atoms with Crippen molar-refractivity contribution >= 4 is 15.7 Å². The molecule has 0 aromatic heterocycles. The zero-order valence-electron chi connectivity index (χ0n) is 14.4. The minimum Gasteiger partial charge on any atom is -0.329 e. The molecule has 0 aliphatic carbocycles. The van der Waals surface area contributed by atoms with Crippen LogP contribution in [0.15, 0.2) is 54.6 Å². The molecular weight excluding hydrogens is 354 g/mol. The lowest BCUT2D eigenvalue weighted by Crippen LogP contribution is -3.13. The molecule has 1 fully saturated rings. The van der Waals surface area contributed by atoms with Crippen molar-refractivity contribution in [3.63, 3.8) is 0 Å². The third-order valence-electron chi connectivity index (χ3n) is 4.64. The van der Waals surface area contributed by atoms with Crippen molar-refractivity contribution in [1.82, 2.24) is 4.31 Å². The molecule has 1 N–H and O–H groups in total. The van der Waals surface area contributed by atoms with Gasteiger partial charge in [0.1, 0.15) is 6.54 Å². The molecule has 0 atom stereocenters. The highest BCUT2D eigenvalue weighted by Gasteiger charge is 2.30. The number of nitrogens with one attached hydrogen (secondary N) is 1. The Morgan fingerprint density at radius 2 is 1.62 bits per heavy atom. The number of hydrogen-bond acceptors (Lipinski definition) is 4. The summed E-state index contributed by atoms with van der Waals surface area (Å²) in [6.07, 6.45) is 0. The lowest BCUT2D eigenvalue weighted by molar-refractivity contribution is -0.917. The molecule has 2 aromatic rings. The van der Waals surface area contributed by atoms with E-state index in [0.29, 0.717) is 38.3 Å². The Morgan fingerprint density at radius 1 is 1.00 bits per heavy atom. The highest BCUT2D eigenvalue weighted by Crippen LogP contribution is 2.16. The Kier molecular flexibility index (Phi) is 5.65. The molecule has 1 saturated heterocycles. The maximum absolute atomic E-state index is 12.6. The van der Waals surface area contributed by atoms with Crippen molar-refractivity contribution < 1.29 is 18.2 Å². The fourth-order valence-electron chi connectivity index (χ4n) is 3.24. The van der Waals surface area contributed by atoms with E-state index in [9.17, 15) is 18.5 Å². The minimum absolute atomic E-state index is 0.00727. The second kappa shape index (κ2) is 7.94. The molecule has 1 heterocycles. The lowest BCUT2D eigenvalue weighted by Gasteiger charge is -2.31. The Bertz CT molecular complexity index is 863. The summed E-state index contributed by atoms with van der Waals surface area (Å²) in [5.74, 6) is 0.00727. The fraction of sp³-hybridized carbons (Fsp3) is 0.333. The number of nitro benzene ring substituents is 1. The van der Waals surface area contributed by atoms with Crippen LogP contribution in [0.1, 0.15) is 11.1 Å². The first-order valence-electron chi connectivity index (χ1n) is 8.53. The molecule has 0 radical (unpaired) electrons. The molecule has 0 saturated carbocycles. The molecule has 8 heteroatoms. The van der Waals surface area contributed by atoms with E-state index in [1.807, 2.05) is 30.3 Å². The van der Waals surface area contributed by atoms with Crippen LogP contribution < -0.4 is 4.90 Å². The Labute approximate surface area is 153 Å². The quantitative estimate of drug-likeness (QED) is 0.598. The van der Waals surface area contributed by atoms with Crippen LogP contribution in [-0.2, 0) is 22.3 Å². The van der Waals surface area contributed by atoms with Crippen LogP contribution in [0.5, 0.6) is 0 Å². The number of para-hydroxylation sites is 1. The molecular formula is C18H22N3O4S+. The van der Waals surface area contributed by atoms with Crippen molar-refractivity contribution in [2.45, 2.75) is 12.3 Å². The molecule has 1 aliphatic rings. The molecule has 0 spiro atoms. The molecule has 26 heavy (non-hydrogen) atoms. The number of nitrogens with zero attached hydrogens (tertiary/aromatic N) is 2. The van der Waals surface area contributed by atoms with Crippen molar-refractivity contribution in [2.24, 2.45) is 0 Å². The lowest BCUT2D eigenvalue weighted by atomic mass is 10.1. The first-order valence-corrected chi connectivity index (χ1v) is 10.1. The number of benzene rings is 2. The summed E-state index contributed by atoms with van der Waals surface area (Å²) in [6.45, 7) is 2.68. The van der Waals surface area contributed by atoms with Gasteiger partial charge in [0.15, 0.2) is 0 Å². The molecule has 138 valence electrons. The standard InChI is InChI=1S/C18H21N3O4S/c22-21(23)18-9-5-4-8-17(18)14-19-10-12-20(13-11-19)26(24,25)15-16-6-2-1-3-7-16/h1-9H,10-15H2/p+1. The average molecular weight is 376 g/mol. The average Bonchev–Trinajstić information content (AvgIpc) is 2.63. The summed E-state index contributed by atoms with van der Waals surface area (Å²) in [5, 5.41) is 11.1. The highest BCUT2D eigenvalue weighted by atomic mass is 32.2. The maximum Gasteiger partial charge on any atom is 0.278 e. The predicted molar refractivity (Wildman–Crippen MR) is 98.1 cm³/mol. The molecule has 0 bridgehead atoms. The molecule has 7 nitrogen and oxygen atoms in total. The SMILES string of the molecule is O=[N+]([O-])c1ccccc1C[NH+]1CCN(S(=O)(=O)Cc2ccccc2)CC1. The zero-order chi connectivity index (χ0) is 18.6. The van der Waals surface area contributed by atoms with E-state index in [1.165, 1.54) is 10.4 Å². The predicted octanol–water partition coefficient (Wildman–Crippen LogP) is 0.825. The topological polar surface area (TPSA) is 85.0 Å². The van der Waals surface area contributed by atoms with Crippen LogP contribution in [0.3, 0.4) is 0 Å². The number of nitro groups is 1. The Morgan fingerprint density at radius 3 is 2.27 bits per heavy atom. The molecule has 0 unspecified atom stereocenters. The first-order chi connectivity index (χ1) is 12.5. The molecule has 1 aliphatic heterocycles. The van der Waals surface area contributed by atoms with E-state index in [2.05, 4.69) is 0 Å². The van der Waals surface area contributed by atoms with E-state index in [1.54, 1.807) is 18.2 Å². The van der Waals surface area contributed by atoms with Crippen molar-refractivity contribution in [1.29, 1.82) is 0 Å². The van der Waals surface area contributed by atoms with E-state index < -0.39 is 10.0 Å². The van der Waals surface area contributed by atoms with E-state index >= 15 is 0 Å². The van der Waals surface area contributed by atoms with Crippen LogP contribution in [0.4, 0.5) is 5.69 Å². The fourth-order valence-corrected chi connectivity index (χ4v) is 4.78. The maximum atomic E-state index is 12.6. The molecule has 3 rings (SSSR count). The van der Waals surface area contributed by atoms with E-state index in [4.69, 9.17) is 0 Å². The third kappa shape index (κ3) is 4.46. The summed E-state index contributed by atoms with van der Waals surface area (Å²) in [7, 11) is -3.34. The Hall–Kier alpha value is -2.29. The van der Waals surface area contributed by atoms with Crippen LogP contribution >= 0.6 is 0 Å². The van der Waals surface area contributed by atoms with Gasteiger partial charge in [-0.1, -0.05) is 42.5 Å². The van der Waals surface area contributed by atoms with Crippen LogP contribution in [-0.4, -0.2) is 43.8 Å². The van der Waals surface area contributed by atoms with Gasteiger partial charge in [-0.15, -0.1) is 0 Å². The van der Waals surface area contributed by atoms with Gasteiger partial charge >= 0.3 is 0 Å². The van der Waals surface area contributed by atoms with Gasteiger partial charge in [-0.25, -0.2) is 8.42 Å². The molecule has 2 aromatic carbocycles. The van der Waals surface area contributed by atoms with Crippen LogP contribution in [0, 0.1) is 10.1 Å². The number of sulfonamides is 1. The van der Waals surface area contributed by atoms with Crippen molar-refractivity contribution in [2.75, 3.05) is 26.2 Å². The number of hydrogen-bond donors (Lipinski definition) is 1.